The summed E-state index contributed by atoms with van der Waals surface area (Å²) in [6, 6.07) is 12.2. The fourth-order valence-electron chi connectivity index (χ4n) is 3.86. The average molecular weight is 439 g/mol. The van der Waals surface area contributed by atoms with Crippen LogP contribution >= 0.6 is 0 Å². The molecule has 0 radical (unpaired) electrons. The van der Waals surface area contributed by atoms with Crippen molar-refractivity contribution in [3.63, 3.8) is 0 Å². The minimum Gasteiger partial charge on any atom is -0.496 e. The lowest BCUT2D eigenvalue weighted by Gasteiger charge is -2.27. The predicted octanol–water partition coefficient (Wildman–Crippen LogP) is 3.02. The van der Waals surface area contributed by atoms with Crippen molar-refractivity contribution in [3.8, 4) is 22.6 Å². The lowest BCUT2D eigenvalue weighted by Crippen LogP contribution is -2.47. The number of ether oxygens (including phenoxy) is 2. The molecule has 0 bridgehead atoms. The van der Waals surface area contributed by atoms with Crippen LogP contribution in [0.25, 0.3) is 11.1 Å². The standard InChI is InChI=1S/C24H27FN4O3/c1-17-7-8-27-29(17)11-12-32-22-5-3-18(21-14-20(25)4-6-23(21)31-2)13-19(22)15-28-10-9-26-24(30)16-28/h3-8,13-14H,9-12,15-16H2,1-2H3,(H,26,30). The van der Waals surface area contributed by atoms with Crippen LogP contribution in [-0.4, -0.2) is 53.9 Å². The third-order valence-corrected chi connectivity index (χ3v) is 5.53. The number of methoxy groups -OCH3 is 1. The molecule has 0 aliphatic carbocycles. The van der Waals surface area contributed by atoms with E-state index in [2.05, 4.69) is 15.3 Å². The molecular weight excluding hydrogens is 411 g/mol. The molecule has 1 aliphatic heterocycles. The first kappa shape index (κ1) is 21.8. The first-order chi connectivity index (χ1) is 15.5. The van der Waals surface area contributed by atoms with Gasteiger partial charge in [0.25, 0.3) is 0 Å². The molecule has 2 aromatic carbocycles. The number of aryl methyl sites for hydroxylation is 1. The van der Waals surface area contributed by atoms with E-state index in [1.165, 1.54) is 12.1 Å². The summed E-state index contributed by atoms with van der Waals surface area (Å²) in [6.07, 6.45) is 1.77. The second kappa shape index (κ2) is 9.82. The minimum absolute atomic E-state index is 0.0100. The molecule has 8 heteroatoms. The number of amides is 1. The molecule has 2 heterocycles. The van der Waals surface area contributed by atoms with Crippen molar-refractivity contribution < 1.29 is 18.7 Å². The van der Waals surface area contributed by atoms with Crippen LogP contribution in [0.4, 0.5) is 4.39 Å². The first-order valence-electron chi connectivity index (χ1n) is 10.6. The van der Waals surface area contributed by atoms with Crippen LogP contribution in [0.1, 0.15) is 11.3 Å². The Morgan fingerprint density at radius 2 is 2.00 bits per heavy atom. The Morgan fingerprint density at radius 3 is 2.75 bits per heavy atom. The highest BCUT2D eigenvalue weighted by atomic mass is 19.1. The van der Waals surface area contributed by atoms with E-state index in [1.807, 2.05) is 35.9 Å². The molecule has 7 nitrogen and oxygen atoms in total. The van der Waals surface area contributed by atoms with Crippen LogP contribution < -0.4 is 14.8 Å². The Labute approximate surface area is 186 Å². The molecule has 1 aliphatic rings. The van der Waals surface area contributed by atoms with Crippen LogP contribution in [0, 0.1) is 12.7 Å². The number of nitrogens with one attached hydrogen (secondary N) is 1. The summed E-state index contributed by atoms with van der Waals surface area (Å²) in [4.78, 5) is 13.9. The number of hydrogen-bond donors (Lipinski definition) is 1. The predicted molar refractivity (Wildman–Crippen MR) is 119 cm³/mol. The van der Waals surface area contributed by atoms with Gasteiger partial charge in [-0.3, -0.25) is 14.4 Å². The molecule has 1 fully saturated rings. The average Bonchev–Trinajstić information content (AvgIpc) is 3.19. The monoisotopic (exact) mass is 438 g/mol. The fourth-order valence-corrected chi connectivity index (χ4v) is 3.86. The summed E-state index contributed by atoms with van der Waals surface area (Å²) < 4.78 is 27.4. The van der Waals surface area contributed by atoms with Crippen LogP contribution in [0.3, 0.4) is 0 Å². The lowest BCUT2D eigenvalue weighted by atomic mass is 10.0. The van der Waals surface area contributed by atoms with Crippen molar-refractivity contribution in [1.82, 2.24) is 20.0 Å². The third-order valence-electron chi connectivity index (χ3n) is 5.53. The quantitative estimate of drug-likeness (QED) is 0.586. The number of carbonyl (C=O) groups is 1. The number of nitrogens with zero attached hydrogens (tertiary/aromatic N) is 3. The van der Waals surface area contributed by atoms with E-state index in [0.29, 0.717) is 44.1 Å². The number of carbonyl (C=O) groups excluding carboxylic acids is 1. The van der Waals surface area contributed by atoms with Crippen molar-refractivity contribution in [3.05, 3.63) is 65.7 Å². The number of halogens is 1. The zero-order valence-corrected chi connectivity index (χ0v) is 18.3. The van der Waals surface area contributed by atoms with Gasteiger partial charge >= 0.3 is 0 Å². The van der Waals surface area contributed by atoms with Crippen molar-refractivity contribution in [1.29, 1.82) is 0 Å². The van der Waals surface area contributed by atoms with Crippen molar-refractivity contribution in [2.75, 3.05) is 33.4 Å². The molecular formula is C24H27FN4O3. The molecule has 4 rings (SSSR count). The molecule has 3 aromatic rings. The number of piperazine rings is 1. The van der Waals surface area contributed by atoms with Gasteiger partial charge in [0.15, 0.2) is 0 Å². The zero-order valence-electron chi connectivity index (χ0n) is 18.3. The van der Waals surface area contributed by atoms with Gasteiger partial charge in [0.1, 0.15) is 23.9 Å². The Bertz CT molecular complexity index is 1100. The molecule has 0 saturated carbocycles. The van der Waals surface area contributed by atoms with Crippen LogP contribution in [0.5, 0.6) is 11.5 Å². The number of rotatable bonds is 8. The Kier molecular flexibility index (Phi) is 6.70. The van der Waals surface area contributed by atoms with Gasteiger partial charge in [-0.05, 0) is 48.9 Å². The van der Waals surface area contributed by atoms with Crippen molar-refractivity contribution >= 4 is 5.91 Å². The molecule has 1 amide bonds. The van der Waals surface area contributed by atoms with E-state index in [4.69, 9.17) is 9.47 Å². The van der Waals surface area contributed by atoms with Crippen LogP contribution in [0.15, 0.2) is 48.7 Å². The highest BCUT2D eigenvalue weighted by molar-refractivity contribution is 5.78. The second-order valence-electron chi connectivity index (χ2n) is 7.77. The lowest BCUT2D eigenvalue weighted by molar-refractivity contribution is -0.124. The second-order valence-corrected chi connectivity index (χ2v) is 7.77. The Morgan fingerprint density at radius 1 is 1.16 bits per heavy atom. The van der Waals surface area contributed by atoms with E-state index >= 15 is 0 Å². The molecule has 32 heavy (non-hydrogen) atoms. The van der Waals surface area contributed by atoms with Gasteiger partial charge in [-0.1, -0.05) is 6.07 Å². The summed E-state index contributed by atoms with van der Waals surface area (Å²) >= 11 is 0. The Balaban J connectivity index is 1.60. The molecule has 0 atom stereocenters. The molecule has 1 N–H and O–H groups in total. The van der Waals surface area contributed by atoms with E-state index < -0.39 is 0 Å². The number of aromatic nitrogens is 2. The molecule has 0 unspecified atom stereocenters. The third kappa shape index (κ3) is 5.08. The van der Waals surface area contributed by atoms with E-state index in [9.17, 15) is 9.18 Å². The Hall–Kier alpha value is -3.39. The number of hydrogen-bond acceptors (Lipinski definition) is 5. The fraction of sp³-hybridized carbons (Fsp3) is 0.333. The molecule has 0 spiro atoms. The summed E-state index contributed by atoms with van der Waals surface area (Å²) in [5.74, 6) is 1.01. The molecule has 1 aromatic heterocycles. The maximum atomic E-state index is 14.0. The van der Waals surface area contributed by atoms with E-state index in [0.717, 1.165) is 29.1 Å². The summed E-state index contributed by atoms with van der Waals surface area (Å²) in [5, 5.41) is 7.13. The van der Waals surface area contributed by atoms with Gasteiger partial charge in [-0.15, -0.1) is 0 Å². The van der Waals surface area contributed by atoms with Crippen LogP contribution in [0.2, 0.25) is 0 Å². The topological polar surface area (TPSA) is 68.6 Å². The summed E-state index contributed by atoms with van der Waals surface area (Å²) in [6.45, 7) is 5.34. The first-order valence-corrected chi connectivity index (χ1v) is 10.6. The maximum Gasteiger partial charge on any atom is 0.234 e. The molecule has 168 valence electrons. The largest absolute Gasteiger partial charge is 0.496 e. The SMILES string of the molecule is COc1ccc(F)cc1-c1ccc(OCCn2nccc2C)c(CN2CCNC(=O)C2)c1. The highest BCUT2D eigenvalue weighted by Crippen LogP contribution is 2.34. The van der Waals surface area contributed by atoms with Gasteiger partial charge in [0, 0.05) is 42.7 Å². The van der Waals surface area contributed by atoms with Gasteiger partial charge in [0.2, 0.25) is 5.91 Å². The van der Waals surface area contributed by atoms with E-state index in [1.54, 1.807) is 19.4 Å². The summed E-state index contributed by atoms with van der Waals surface area (Å²) in [7, 11) is 1.57. The zero-order chi connectivity index (χ0) is 22.5. The van der Waals surface area contributed by atoms with E-state index in [-0.39, 0.29) is 11.7 Å². The van der Waals surface area contributed by atoms with Gasteiger partial charge < -0.3 is 14.8 Å². The van der Waals surface area contributed by atoms with Crippen molar-refractivity contribution in [2.24, 2.45) is 0 Å². The summed E-state index contributed by atoms with van der Waals surface area (Å²) in [5.41, 5.74) is 3.50. The normalized spacial score (nSPS) is 14.3. The van der Waals surface area contributed by atoms with Gasteiger partial charge in [-0.25, -0.2) is 4.39 Å². The van der Waals surface area contributed by atoms with Crippen molar-refractivity contribution in [2.45, 2.75) is 20.0 Å². The van der Waals surface area contributed by atoms with Gasteiger partial charge in [-0.2, -0.15) is 5.10 Å². The highest BCUT2D eigenvalue weighted by Gasteiger charge is 2.19. The molecule has 1 saturated heterocycles. The smallest absolute Gasteiger partial charge is 0.234 e. The number of benzene rings is 2. The van der Waals surface area contributed by atoms with Crippen LogP contribution in [-0.2, 0) is 17.9 Å². The maximum absolute atomic E-state index is 14.0. The minimum atomic E-state index is -0.329. The van der Waals surface area contributed by atoms with Gasteiger partial charge in [0.05, 0.1) is 20.2 Å².